The van der Waals surface area contributed by atoms with Gasteiger partial charge < -0.3 is 29.3 Å². The summed E-state index contributed by atoms with van der Waals surface area (Å²) < 4.78 is 13.3. The third-order valence-corrected chi connectivity index (χ3v) is 1.14. The molecular formula is C3H5Na2O7P. The third-order valence-electron chi connectivity index (χ3n) is 0.668. The van der Waals surface area contributed by atoms with Gasteiger partial charge in [0, 0.05) is 0 Å². The SMILES string of the molecule is O=C([O-])[C@H](O)COP(=O)([O-])O.[Na+].[Na+]. The van der Waals surface area contributed by atoms with Crippen molar-refractivity contribution in [2.75, 3.05) is 6.61 Å². The summed E-state index contributed by atoms with van der Waals surface area (Å²) in [4.78, 5) is 27.4. The van der Waals surface area contributed by atoms with Crippen LogP contribution in [-0.2, 0) is 13.9 Å². The maximum atomic E-state index is 9.79. The molecule has 0 fully saturated rings. The number of rotatable bonds is 4. The van der Waals surface area contributed by atoms with Crippen LogP contribution in [-0.4, -0.2) is 28.7 Å². The molecule has 10 heteroatoms. The van der Waals surface area contributed by atoms with Crippen LogP contribution >= 0.6 is 7.82 Å². The fourth-order valence-electron chi connectivity index (χ4n) is 0.233. The number of aliphatic hydroxyl groups is 1. The van der Waals surface area contributed by atoms with Gasteiger partial charge in [0.2, 0.25) is 0 Å². The Hall–Kier alpha value is 1.54. The van der Waals surface area contributed by atoms with Gasteiger partial charge in [-0.05, 0) is 0 Å². The quantitative estimate of drug-likeness (QED) is 0.362. The fourth-order valence-corrected chi connectivity index (χ4v) is 0.562. The summed E-state index contributed by atoms with van der Waals surface area (Å²) in [5, 5.41) is 18.0. The van der Waals surface area contributed by atoms with Gasteiger partial charge in [-0.3, -0.25) is 4.57 Å². The van der Waals surface area contributed by atoms with Crippen LogP contribution in [0.3, 0.4) is 0 Å². The van der Waals surface area contributed by atoms with Crippen molar-refractivity contribution in [3.05, 3.63) is 0 Å². The molecule has 0 aromatic heterocycles. The standard InChI is InChI=1S/C3H7O7P.2Na/c4-2(3(5)6)1-10-11(7,8)9;;/h2,4H,1H2,(H,5,6)(H2,7,8,9);;/q;2*+1/p-2/t2-;;/m1../s1. The Morgan fingerprint density at radius 3 is 2.15 bits per heavy atom. The summed E-state index contributed by atoms with van der Waals surface area (Å²) in [6.07, 6.45) is -2.07. The van der Waals surface area contributed by atoms with Gasteiger partial charge in [-0.1, -0.05) is 0 Å². The van der Waals surface area contributed by atoms with Crippen LogP contribution in [0.2, 0.25) is 0 Å². The molecule has 0 aliphatic heterocycles. The van der Waals surface area contributed by atoms with E-state index in [-0.39, 0.29) is 59.1 Å². The smallest absolute Gasteiger partial charge is 0.756 e. The van der Waals surface area contributed by atoms with Crippen LogP contribution in [0.25, 0.3) is 0 Å². The normalized spacial score (nSPS) is 15.9. The predicted octanol–water partition coefficient (Wildman–Crippen LogP) is -9.42. The molecule has 13 heavy (non-hydrogen) atoms. The number of hydrogen-bond acceptors (Lipinski definition) is 6. The summed E-state index contributed by atoms with van der Waals surface area (Å²) >= 11 is 0. The van der Waals surface area contributed by atoms with Crippen LogP contribution < -0.4 is 69.1 Å². The molecule has 0 rings (SSSR count). The molecule has 0 heterocycles. The molecule has 0 aliphatic rings. The molecule has 66 valence electrons. The molecule has 0 aliphatic carbocycles. The van der Waals surface area contributed by atoms with Gasteiger partial charge in [-0.15, -0.1) is 0 Å². The molecule has 7 nitrogen and oxygen atoms in total. The third kappa shape index (κ3) is 13.5. The molecule has 0 aromatic carbocycles. The Bertz CT molecular complexity index is 190. The van der Waals surface area contributed by atoms with Gasteiger partial charge in [-0.25, -0.2) is 0 Å². The zero-order chi connectivity index (χ0) is 9.07. The Morgan fingerprint density at radius 2 is 1.92 bits per heavy atom. The van der Waals surface area contributed by atoms with Crippen LogP contribution in [0.5, 0.6) is 0 Å². The van der Waals surface area contributed by atoms with Crippen molar-refractivity contribution >= 4 is 13.8 Å². The second-order valence-electron chi connectivity index (χ2n) is 1.60. The molecule has 0 bridgehead atoms. The zero-order valence-corrected chi connectivity index (χ0v) is 12.1. The first-order valence-electron chi connectivity index (χ1n) is 2.40. The van der Waals surface area contributed by atoms with Crippen molar-refractivity contribution in [2.45, 2.75) is 6.10 Å². The number of phosphoric ester groups is 1. The molecule has 0 aromatic rings. The van der Waals surface area contributed by atoms with E-state index in [0.29, 0.717) is 0 Å². The van der Waals surface area contributed by atoms with Gasteiger partial charge in [0.05, 0.1) is 12.6 Å². The van der Waals surface area contributed by atoms with Gasteiger partial charge >= 0.3 is 59.1 Å². The van der Waals surface area contributed by atoms with E-state index >= 15 is 0 Å². The van der Waals surface area contributed by atoms with Crippen molar-refractivity contribution in [3.63, 3.8) is 0 Å². The first kappa shape index (κ1) is 20.0. The molecule has 0 saturated carbocycles. The van der Waals surface area contributed by atoms with Gasteiger partial charge in [0.25, 0.3) is 7.82 Å². The number of carboxylic acids is 1. The molecule has 0 saturated heterocycles. The van der Waals surface area contributed by atoms with E-state index in [9.17, 15) is 19.4 Å². The van der Waals surface area contributed by atoms with Gasteiger partial charge in [0.15, 0.2) is 0 Å². The Kier molecular flexibility index (Phi) is 13.6. The molecule has 1 unspecified atom stereocenters. The number of aliphatic hydroxyl groups excluding tert-OH is 1. The van der Waals surface area contributed by atoms with Crippen molar-refractivity contribution in [3.8, 4) is 0 Å². The molecule has 2 atom stereocenters. The monoisotopic (exact) mass is 230 g/mol. The summed E-state index contributed by atoms with van der Waals surface area (Å²) in [5.74, 6) is -1.88. The van der Waals surface area contributed by atoms with E-state index < -0.39 is 26.5 Å². The second-order valence-corrected chi connectivity index (χ2v) is 2.79. The maximum Gasteiger partial charge on any atom is 1.00 e. The summed E-state index contributed by atoms with van der Waals surface area (Å²) in [6.45, 7) is -1.06. The summed E-state index contributed by atoms with van der Waals surface area (Å²) in [7, 11) is -4.96. The Balaban J connectivity index is -0.000000500. The van der Waals surface area contributed by atoms with E-state index in [1.54, 1.807) is 0 Å². The molecule has 0 amide bonds. The first-order chi connectivity index (χ1) is 4.83. The second kappa shape index (κ2) is 8.82. The average molecular weight is 230 g/mol. The first-order valence-corrected chi connectivity index (χ1v) is 3.90. The van der Waals surface area contributed by atoms with Gasteiger partial charge in [-0.2, -0.15) is 0 Å². The van der Waals surface area contributed by atoms with Gasteiger partial charge in [0.1, 0.15) is 6.10 Å². The van der Waals surface area contributed by atoms with Crippen molar-refractivity contribution in [1.82, 2.24) is 0 Å². The number of phosphoric acid groups is 1. The van der Waals surface area contributed by atoms with E-state index in [1.165, 1.54) is 0 Å². The largest absolute Gasteiger partial charge is 1.00 e. The van der Waals surface area contributed by atoms with E-state index in [4.69, 9.17) is 10.00 Å². The van der Waals surface area contributed by atoms with Crippen LogP contribution in [0.4, 0.5) is 0 Å². The number of carbonyl (C=O) groups excluding carboxylic acids is 1. The van der Waals surface area contributed by atoms with Crippen molar-refractivity contribution in [1.29, 1.82) is 0 Å². The number of aliphatic carboxylic acids is 1. The Labute approximate surface area is 118 Å². The fraction of sp³-hybridized carbons (Fsp3) is 0.667. The number of hydrogen-bond donors (Lipinski definition) is 2. The van der Waals surface area contributed by atoms with Crippen molar-refractivity contribution < 1.29 is 93.0 Å². The van der Waals surface area contributed by atoms with Crippen LogP contribution in [0.1, 0.15) is 0 Å². The molecule has 0 spiro atoms. The number of carboxylic acid groups (broad SMARTS) is 1. The zero-order valence-electron chi connectivity index (χ0n) is 7.17. The predicted molar refractivity (Wildman–Crippen MR) is 26.8 cm³/mol. The van der Waals surface area contributed by atoms with E-state index in [0.717, 1.165) is 0 Å². The Morgan fingerprint density at radius 1 is 1.54 bits per heavy atom. The minimum atomic E-state index is -4.96. The summed E-state index contributed by atoms with van der Waals surface area (Å²) in [5.41, 5.74) is 0. The van der Waals surface area contributed by atoms with E-state index in [2.05, 4.69) is 4.52 Å². The topological polar surface area (TPSA) is 130 Å². The molecular weight excluding hydrogens is 225 g/mol. The van der Waals surface area contributed by atoms with E-state index in [1.807, 2.05) is 0 Å². The van der Waals surface area contributed by atoms with Crippen molar-refractivity contribution in [2.24, 2.45) is 0 Å². The molecule has 2 N–H and O–H groups in total. The maximum absolute atomic E-state index is 9.79. The van der Waals surface area contributed by atoms with Crippen LogP contribution in [0.15, 0.2) is 0 Å². The minimum absolute atomic E-state index is 0. The average Bonchev–Trinajstić information content (AvgIpc) is 1.80. The molecule has 0 radical (unpaired) electrons. The summed E-state index contributed by atoms with van der Waals surface area (Å²) in [6, 6.07) is 0. The van der Waals surface area contributed by atoms with Crippen LogP contribution in [0, 0.1) is 0 Å². The number of carbonyl (C=O) groups is 1. The minimum Gasteiger partial charge on any atom is -0.756 e.